The number of rotatable bonds is 6. The molecule has 1 fully saturated rings. The summed E-state index contributed by atoms with van der Waals surface area (Å²) in [5.41, 5.74) is 0.616. The number of anilines is 1. The quantitative estimate of drug-likeness (QED) is 0.860. The third kappa shape index (κ3) is 3.75. The summed E-state index contributed by atoms with van der Waals surface area (Å²) >= 11 is 5.19. The third-order valence-electron chi connectivity index (χ3n) is 3.62. The van der Waals surface area contributed by atoms with E-state index in [1.807, 2.05) is 0 Å². The van der Waals surface area contributed by atoms with Gasteiger partial charge in [-0.15, -0.1) is 0 Å². The van der Waals surface area contributed by atoms with Crippen molar-refractivity contribution in [3.05, 3.63) is 21.0 Å². The average molecular weight is 346 g/mol. The lowest BCUT2D eigenvalue weighted by atomic mass is 9.85. The first-order chi connectivity index (χ1) is 9.11. The monoisotopic (exact) mass is 345 g/mol. The average Bonchev–Trinajstić information content (AvgIpc) is 2.35. The lowest BCUT2D eigenvalue weighted by Crippen LogP contribution is -2.31. The van der Waals surface area contributed by atoms with E-state index in [0.29, 0.717) is 16.9 Å². The van der Waals surface area contributed by atoms with E-state index >= 15 is 0 Å². The smallest absolute Gasteiger partial charge is 0.291 e. The van der Waals surface area contributed by atoms with Gasteiger partial charge in [-0.05, 0) is 40.9 Å². The summed E-state index contributed by atoms with van der Waals surface area (Å²) in [6.07, 6.45) is 7.51. The Labute approximate surface area is 126 Å². The Kier molecular flexibility index (Phi) is 5.33. The first-order valence-corrected chi connectivity index (χ1v) is 8.72. The van der Waals surface area contributed by atoms with E-state index in [1.54, 1.807) is 22.6 Å². The Bertz CT molecular complexity index is 487. The highest BCUT2D eigenvalue weighted by Gasteiger charge is 2.20. The molecule has 0 saturated heterocycles. The van der Waals surface area contributed by atoms with E-state index in [0.717, 1.165) is 17.6 Å². The van der Waals surface area contributed by atoms with E-state index in [1.165, 1.54) is 19.3 Å². The van der Waals surface area contributed by atoms with Gasteiger partial charge >= 0.3 is 0 Å². The second kappa shape index (κ2) is 6.79. The topological polar surface area (TPSA) is 46.9 Å². The molecule has 2 rings (SSSR count). The van der Waals surface area contributed by atoms with Crippen molar-refractivity contribution in [2.45, 2.75) is 38.0 Å². The number of nitrogens with zero attached hydrogens (tertiary/aromatic N) is 2. The molecule has 0 aromatic carbocycles. The van der Waals surface area contributed by atoms with Crippen molar-refractivity contribution in [3.63, 3.8) is 0 Å². The third-order valence-corrected chi connectivity index (χ3v) is 5.19. The highest BCUT2D eigenvalue weighted by atomic mass is 79.9. The van der Waals surface area contributed by atoms with Gasteiger partial charge in [-0.2, -0.15) is 16.9 Å². The van der Waals surface area contributed by atoms with Crippen molar-refractivity contribution in [2.24, 2.45) is 5.92 Å². The number of hydrogen-bond donors (Lipinski definition) is 1. The van der Waals surface area contributed by atoms with Gasteiger partial charge in [0.2, 0.25) is 0 Å². The molecular weight excluding hydrogens is 326 g/mol. The fourth-order valence-electron chi connectivity index (χ4n) is 2.01. The number of hydrogen-bond acceptors (Lipinski definition) is 4. The van der Waals surface area contributed by atoms with Crippen LogP contribution in [0.25, 0.3) is 0 Å². The minimum atomic E-state index is -0.0189. The van der Waals surface area contributed by atoms with Crippen LogP contribution in [0.1, 0.15) is 26.2 Å². The molecule has 1 atom stereocenters. The molecule has 1 unspecified atom stereocenters. The second-order valence-electron chi connectivity index (χ2n) is 5.08. The van der Waals surface area contributed by atoms with Crippen LogP contribution in [0.2, 0.25) is 0 Å². The van der Waals surface area contributed by atoms with Crippen molar-refractivity contribution >= 4 is 33.4 Å². The first kappa shape index (κ1) is 14.9. The molecule has 1 saturated carbocycles. The Balaban J connectivity index is 2.11. The van der Waals surface area contributed by atoms with Gasteiger partial charge in [0.25, 0.3) is 5.56 Å². The molecule has 1 aliphatic carbocycles. The molecular formula is C13H20BrN3OS. The summed E-state index contributed by atoms with van der Waals surface area (Å²) < 4.78 is 2.34. The van der Waals surface area contributed by atoms with E-state index in [4.69, 9.17) is 0 Å². The normalized spacial score (nSPS) is 17.0. The van der Waals surface area contributed by atoms with Gasteiger partial charge in [0.15, 0.2) is 0 Å². The molecule has 1 N–H and O–H groups in total. The molecule has 0 radical (unpaired) electrons. The number of halogens is 1. The van der Waals surface area contributed by atoms with Crippen LogP contribution in [0.15, 0.2) is 15.5 Å². The molecule has 1 aromatic rings. The number of thioether (sulfide) groups is 1. The van der Waals surface area contributed by atoms with Gasteiger partial charge in [0, 0.05) is 18.3 Å². The number of aromatic nitrogens is 2. The van der Waals surface area contributed by atoms with Crippen molar-refractivity contribution in [1.82, 2.24) is 9.78 Å². The molecule has 0 amide bonds. The molecule has 6 heteroatoms. The van der Waals surface area contributed by atoms with Crippen molar-refractivity contribution in [1.29, 1.82) is 0 Å². The Hall–Kier alpha value is -0.490. The Morgan fingerprint density at radius 1 is 1.63 bits per heavy atom. The van der Waals surface area contributed by atoms with Crippen LogP contribution in [-0.4, -0.2) is 27.8 Å². The molecule has 4 nitrogen and oxygen atoms in total. The molecule has 106 valence electrons. The van der Waals surface area contributed by atoms with Crippen molar-refractivity contribution < 1.29 is 0 Å². The molecule has 0 bridgehead atoms. The predicted octanol–water partition coefficient (Wildman–Crippen LogP) is 2.97. The maximum Gasteiger partial charge on any atom is 0.291 e. The van der Waals surface area contributed by atoms with Crippen LogP contribution >= 0.6 is 27.7 Å². The largest absolute Gasteiger partial charge is 0.378 e. The minimum absolute atomic E-state index is 0.0189. The number of nitrogens with one attached hydrogen (secondary N) is 1. The van der Waals surface area contributed by atoms with E-state index in [2.05, 4.69) is 39.5 Å². The van der Waals surface area contributed by atoms with Crippen molar-refractivity contribution in [2.75, 3.05) is 18.1 Å². The fourth-order valence-corrected chi connectivity index (χ4v) is 2.66. The van der Waals surface area contributed by atoms with Gasteiger partial charge in [0.05, 0.1) is 10.7 Å². The molecule has 1 heterocycles. The van der Waals surface area contributed by atoms with Gasteiger partial charge in [-0.3, -0.25) is 4.79 Å². The molecule has 0 spiro atoms. The minimum Gasteiger partial charge on any atom is -0.378 e. The van der Waals surface area contributed by atoms with Crippen LogP contribution in [-0.2, 0) is 6.54 Å². The van der Waals surface area contributed by atoms with Gasteiger partial charge < -0.3 is 5.32 Å². The van der Waals surface area contributed by atoms with E-state index in [-0.39, 0.29) is 5.56 Å². The fraction of sp³-hybridized carbons (Fsp3) is 0.692. The van der Waals surface area contributed by atoms with Crippen LogP contribution < -0.4 is 10.9 Å². The maximum atomic E-state index is 12.4. The van der Waals surface area contributed by atoms with E-state index in [9.17, 15) is 4.79 Å². The lowest BCUT2D eigenvalue weighted by molar-refractivity contribution is 0.262. The first-order valence-electron chi connectivity index (χ1n) is 6.64. The van der Waals surface area contributed by atoms with Gasteiger partial charge in [-0.1, -0.05) is 13.3 Å². The lowest BCUT2D eigenvalue weighted by Gasteiger charge is -2.25. The highest BCUT2D eigenvalue weighted by Crippen LogP contribution is 2.27. The summed E-state index contributed by atoms with van der Waals surface area (Å²) in [6, 6.07) is 0. The predicted molar refractivity (Wildman–Crippen MR) is 85.0 cm³/mol. The summed E-state index contributed by atoms with van der Waals surface area (Å²) in [4.78, 5) is 12.4. The summed E-state index contributed by atoms with van der Waals surface area (Å²) in [5.74, 6) is 0.629. The Morgan fingerprint density at radius 2 is 2.37 bits per heavy atom. The zero-order valence-electron chi connectivity index (χ0n) is 11.4. The van der Waals surface area contributed by atoms with Gasteiger partial charge in [0.1, 0.15) is 5.69 Å². The molecule has 0 aliphatic heterocycles. The maximum absolute atomic E-state index is 12.4. The highest BCUT2D eigenvalue weighted by molar-refractivity contribution is 9.10. The zero-order chi connectivity index (χ0) is 13.8. The van der Waals surface area contributed by atoms with Crippen molar-refractivity contribution in [3.8, 4) is 0 Å². The van der Waals surface area contributed by atoms with Crippen LogP contribution in [0.5, 0.6) is 0 Å². The van der Waals surface area contributed by atoms with Crippen LogP contribution in [0.4, 0.5) is 5.69 Å². The molecule has 1 aromatic heterocycles. The van der Waals surface area contributed by atoms with Crippen LogP contribution in [0.3, 0.4) is 0 Å². The SMILES string of the molecule is CSC(C)CNc1c(Br)cnn(CC2CCC2)c1=O. The standard InChI is InChI=1S/C13H20BrN3OS/c1-9(19-2)6-15-12-11(14)7-16-17(13(12)18)8-10-4-3-5-10/h7,9-10,15H,3-6,8H2,1-2H3. The van der Waals surface area contributed by atoms with Crippen LogP contribution in [0, 0.1) is 5.92 Å². The second-order valence-corrected chi connectivity index (χ2v) is 7.21. The Morgan fingerprint density at radius 3 is 2.95 bits per heavy atom. The molecule has 1 aliphatic rings. The summed E-state index contributed by atoms with van der Waals surface area (Å²) in [5, 5.41) is 7.93. The summed E-state index contributed by atoms with van der Waals surface area (Å²) in [6.45, 7) is 3.67. The molecule has 19 heavy (non-hydrogen) atoms. The zero-order valence-corrected chi connectivity index (χ0v) is 13.8. The van der Waals surface area contributed by atoms with E-state index < -0.39 is 0 Å². The summed E-state index contributed by atoms with van der Waals surface area (Å²) in [7, 11) is 0. The van der Waals surface area contributed by atoms with Gasteiger partial charge in [-0.25, -0.2) is 4.68 Å².